The van der Waals surface area contributed by atoms with Gasteiger partial charge in [-0.2, -0.15) is 5.10 Å². The number of amides is 1. The minimum atomic E-state index is -0.254. The number of carbonyl (C=O) groups excluding carboxylic acids is 1. The number of benzene rings is 2. The van der Waals surface area contributed by atoms with Gasteiger partial charge in [-0.25, -0.2) is 5.43 Å². The Kier molecular flexibility index (Phi) is 4.76. The molecular formula is C17H17ClN2O. The summed E-state index contributed by atoms with van der Waals surface area (Å²) in [5, 5.41) is 4.77. The Bertz CT molecular complexity index is 690. The maximum Gasteiger partial charge on any atom is 0.271 e. The van der Waals surface area contributed by atoms with Crippen molar-refractivity contribution < 1.29 is 4.79 Å². The summed E-state index contributed by atoms with van der Waals surface area (Å²) in [5.41, 5.74) is 7.23. The van der Waals surface area contributed by atoms with Crippen LogP contribution in [0.25, 0.3) is 0 Å². The van der Waals surface area contributed by atoms with Gasteiger partial charge in [0.05, 0.1) is 5.71 Å². The molecule has 1 amide bonds. The lowest BCUT2D eigenvalue weighted by Gasteiger charge is -2.07. The number of hydrogen-bond acceptors (Lipinski definition) is 2. The van der Waals surface area contributed by atoms with Gasteiger partial charge in [-0.3, -0.25) is 4.79 Å². The first kappa shape index (κ1) is 15.3. The number of carbonyl (C=O) groups is 1. The molecule has 4 heteroatoms. The highest BCUT2D eigenvalue weighted by Gasteiger charge is 2.06. The molecule has 0 heterocycles. The summed E-state index contributed by atoms with van der Waals surface area (Å²) in [7, 11) is 0. The maximum atomic E-state index is 12.0. The van der Waals surface area contributed by atoms with Crippen LogP contribution < -0.4 is 5.43 Å². The van der Waals surface area contributed by atoms with Gasteiger partial charge in [0.25, 0.3) is 5.91 Å². The molecule has 0 saturated heterocycles. The number of halogens is 1. The van der Waals surface area contributed by atoms with Gasteiger partial charge in [-0.1, -0.05) is 35.4 Å². The molecule has 0 fully saturated rings. The molecule has 2 aromatic rings. The van der Waals surface area contributed by atoms with Gasteiger partial charge in [0.15, 0.2) is 0 Å². The number of nitrogens with zero attached hydrogens (tertiary/aromatic N) is 1. The number of rotatable bonds is 3. The molecule has 0 saturated carbocycles. The number of hydrogen-bond donors (Lipinski definition) is 1. The summed E-state index contributed by atoms with van der Waals surface area (Å²) in [4.78, 5) is 12.0. The molecule has 0 radical (unpaired) electrons. The van der Waals surface area contributed by atoms with E-state index in [1.807, 2.05) is 32.9 Å². The molecule has 2 rings (SSSR count). The van der Waals surface area contributed by atoms with Crippen LogP contribution in [0.15, 0.2) is 47.6 Å². The second-order valence-corrected chi connectivity index (χ2v) is 5.40. The first-order valence-corrected chi connectivity index (χ1v) is 7.03. The molecule has 0 spiro atoms. The van der Waals surface area contributed by atoms with Crippen LogP contribution in [0, 0.1) is 13.8 Å². The predicted molar refractivity (Wildman–Crippen MR) is 87.0 cm³/mol. The van der Waals surface area contributed by atoms with Crippen molar-refractivity contribution in [2.24, 2.45) is 5.10 Å². The van der Waals surface area contributed by atoms with Crippen LogP contribution in [-0.2, 0) is 0 Å². The normalized spacial score (nSPS) is 11.3. The van der Waals surface area contributed by atoms with Gasteiger partial charge in [0.2, 0.25) is 0 Å². The maximum absolute atomic E-state index is 12.0. The van der Waals surface area contributed by atoms with Crippen molar-refractivity contribution >= 4 is 23.2 Å². The van der Waals surface area contributed by atoms with E-state index in [-0.39, 0.29) is 5.91 Å². The highest BCUT2D eigenvalue weighted by molar-refractivity contribution is 6.30. The summed E-state index contributed by atoms with van der Waals surface area (Å²) in [6, 6.07) is 12.8. The smallest absolute Gasteiger partial charge is 0.267 e. The van der Waals surface area contributed by atoms with E-state index in [4.69, 9.17) is 11.6 Å². The van der Waals surface area contributed by atoms with Crippen LogP contribution in [0.3, 0.4) is 0 Å². The Morgan fingerprint density at radius 3 is 2.38 bits per heavy atom. The Morgan fingerprint density at radius 1 is 1.10 bits per heavy atom. The summed E-state index contributed by atoms with van der Waals surface area (Å²) < 4.78 is 0. The molecule has 2 aromatic carbocycles. The highest BCUT2D eigenvalue weighted by Crippen LogP contribution is 2.12. The van der Waals surface area contributed by atoms with E-state index in [1.54, 1.807) is 24.3 Å². The average Bonchev–Trinajstić information content (AvgIpc) is 2.45. The van der Waals surface area contributed by atoms with Crippen molar-refractivity contribution in [1.82, 2.24) is 5.43 Å². The third kappa shape index (κ3) is 3.92. The van der Waals surface area contributed by atoms with E-state index in [0.717, 1.165) is 16.8 Å². The lowest BCUT2D eigenvalue weighted by molar-refractivity contribution is 0.0955. The molecule has 0 aliphatic rings. The van der Waals surface area contributed by atoms with Crippen molar-refractivity contribution in [1.29, 1.82) is 0 Å². The monoisotopic (exact) mass is 300 g/mol. The molecule has 0 bridgehead atoms. The van der Waals surface area contributed by atoms with Gasteiger partial charge in [-0.05, 0) is 50.6 Å². The zero-order chi connectivity index (χ0) is 15.4. The molecular weight excluding hydrogens is 284 g/mol. The second kappa shape index (κ2) is 6.55. The number of hydrazone groups is 1. The van der Waals surface area contributed by atoms with Gasteiger partial charge in [0, 0.05) is 16.1 Å². The van der Waals surface area contributed by atoms with Crippen molar-refractivity contribution in [3.05, 3.63) is 69.7 Å². The van der Waals surface area contributed by atoms with Crippen LogP contribution in [0.5, 0.6) is 0 Å². The summed E-state index contributed by atoms with van der Waals surface area (Å²) in [6.45, 7) is 5.95. The fourth-order valence-corrected chi connectivity index (χ4v) is 2.21. The lowest BCUT2D eigenvalue weighted by Crippen LogP contribution is -2.19. The van der Waals surface area contributed by atoms with Crippen LogP contribution in [-0.4, -0.2) is 11.6 Å². The van der Waals surface area contributed by atoms with Gasteiger partial charge in [-0.15, -0.1) is 0 Å². The minimum absolute atomic E-state index is 0.254. The van der Waals surface area contributed by atoms with Crippen LogP contribution in [0.4, 0.5) is 0 Å². The van der Waals surface area contributed by atoms with E-state index >= 15 is 0 Å². The number of aryl methyl sites for hydroxylation is 2. The van der Waals surface area contributed by atoms with Crippen molar-refractivity contribution in [2.75, 3.05) is 0 Å². The summed E-state index contributed by atoms with van der Waals surface area (Å²) in [6.07, 6.45) is 0. The van der Waals surface area contributed by atoms with Gasteiger partial charge in [0.1, 0.15) is 0 Å². The van der Waals surface area contributed by atoms with E-state index < -0.39 is 0 Å². The largest absolute Gasteiger partial charge is 0.271 e. The topological polar surface area (TPSA) is 41.5 Å². The van der Waals surface area contributed by atoms with Crippen LogP contribution in [0.1, 0.15) is 34.0 Å². The Morgan fingerprint density at radius 2 is 1.76 bits per heavy atom. The third-order valence-electron chi connectivity index (χ3n) is 3.20. The first-order valence-electron chi connectivity index (χ1n) is 6.65. The van der Waals surface area contributed by atoms with E-state index in [0.29, 0.717) is 10.6 Å². The molecule has 108 valence electrons. The first-order chi connectivity index (χ1) is 9.97. The molecule has 0 aliphatic heterocycles. The van der Waals surface area contributed by atoms with Crippen molar-refractivity contribution in [3.8, 4) is 0 Å². The summed E-state index contributed by atoms with van der Waals surface area (Å²) >= 11 is 5.79. The van der Waals surface area contributed by atoms with Gasteiger partial charge < -0.3 is 0 Å². The van der Waals surface area contributed by atoms with Crippen LogP contribution >= 0.6 is 11.6 Å². The molecule has 0 aliphatic carbocycles. The van der Waals surface area contributed by atoms with Crippen molar-refractivity contribution in [3.63, 3.8) is 0 Å². The molecule has 0 atom stereocenters. The lowest BCUT2D eigenvalue weighted by atomic mass is 10.0. The SMILES string of the molecule is C/C(=N\NC(=O)c1ccc(Cl)cc1)c1ccc(C)cc1C. The zero-order valence-corrected chi connectivity index (χ0v) is 13.0. The predicted octanol–water partition coefficient (Wildman–Crippen LogP) is 4.11. The Labute approximate surface area is 129 Å². The van der Waals surface area contributed by atoms with E-state index in [2.05, 4.69) is 16.6 Å². The van der Waals surface area contributed by atoms with Crippen LogP contribution in [0.2, 0.25) is 5.02 Å². The second-order valence-electron chi connectivity index (χ2n) is 4.96. The summed E-state index contributed by atoms with van der Waals surface area (Å²) in [5.74, 6) is -0.254. The molecule has 1 N–H and O–H groups in total. The minimum Gasteiger partial charge on any atom is -0.267 e. The quantitative estimate of drug-likeness (QED) is 0.672. The van der Waals surface area contributed by atoms with Gasteiger partial charge >= 0.3 is 0 Å². The number of nitrogens with one attached hydrogen (secondary N) is 1. The third-order valence-corrected chi connectivity index (χ3v) is 3.46. The van der Waals surface area contributed by atoms with E-state index in [9.17, 15) is 4.79 Å². The molecule has 21 heavy (non-hydrogen) atoms. The zero-order valence-electron chi connectivity index (χ0n) is 12.3. The highest BCUT2D eigenvalue weighted by atomic mass is 35.5. The standard InChI is InChI=1S/C17H17ClN2O/c1-11-4-9-16(12(2)10-11)13(3)19-20-17(21)14-5-7-15(18)8-6-14/h4-10H,1-3H3,(H,20,21)/b19-13+. The molecule has 3 nitrogen and oxygen atoms in total. The fraction of sp³-hybridized carbons (Fsp3) is 0.176. The average molecular weight is 301 g/mol. The van der Waals surface area contributed by atoms with E-state index in [1.165, 1.54) is 5.56 Å². The fourth-order valence-electron chi connectivity index (χ4n) is 2.08. The molecule has 0 aromatic heterocycles. The Hall–Kier alpha value is -2.13. The van der Waals surface area contributed by atoms with Crippen molar-refractivity contribution in [2.45, 2.75) is 20.8 Å². The molecule has 0 unspecified atom stereocenters. The Balaban J connectivity index is 2.12.